The van der Waals surface area contributed by atoms with Gasteiger partial charge in [0.05, 0.1) is 12.2 Å². The third kappa shape index (κ3) is 1.80. The Balaban J connectivity index is 1.91. The van der Waals surface area contributed by atoms with Gasteiger partial charge in [-0.3, -0.25) is 0 Å². The van der Waals surface area contributed by atoms with Gasteiger partial charge in [-0.2, -0.15) is 0 Å². The number of fused-ring (bicyclic) bond motifs is 2. The highest BCUT2D eigenvalue weighted by Gasteiger charge is 2.38. The third-order valence-electron chi connectivity index (χ3n) is 3.42. The molecule has 0 saturated heterocycles. The molecular formula is C12H20O. The summed E-state index contributed by atoms with van der Waals surface area (Å²) in [6.45, 7) is 6.48. The van der Waals surface area contributed by atoms with Gasteiger partial charge in [0.1, 0.15) is 0 Å². The van der Waals surface area contributed by atoms with Gasteiger partial charge in [0, 0.05) is 0 Å². The minimum Gasteiger partial charge on any atom is -0.376 e. The van der Waals surface area contributed by atoms with Crippen molar-refractivity contribution in [1.82, 2.24) is 0 Å². The average Bonchev–Trinajstić information content (AvgIpc) is 2.62. The van der Waals surface area contributed by atoms with Crippen molar-refractivity contribution in [2.75, 3.05) is 0 Å². The lowest BCUT2D eigenvalue weighted by atomic mass is 9.89. The summed E-state index contributed by atoms with van der Waals surface area (Å²) in [7, 11) is 0. The molecule has 0 radical (unpaired) electrons. The molecule has 1 saturated carbocycles. The zero-order valence-electron chi connectivity index (χ0n) is 8.86. The van der Waals surface area contributed by atoms with Gasteiger partial charge in [-0.05, 0) is 51.4 Å². The van der Waals surface area contributed by atoms with Crippen LogP contribution < -0.4 is 0 Å². The Bertz CT molecular complexity index is 207. The van der Waals surface area contributed by atoms with Crippen LogP contribution in [0.5, 0.6) is 0 Å². The molecule has 0 N–H and O–H groups in total. The fourth-order valence-corrected chi connectivity index (χ4v) is 2.89. The smallest absolute Gasteiger partial charge is 0.0584 e. The lowest BCUT2D eigenvalue weighted by molar-refractivity contribution is -0.0214. The van der Waals surface area contributed by atoms with Crippen molar-refractivity contribution < 1.29 is 4.74 Å². The van der Waals surface area contributed by atoms with Crippen LogP contribution in [-0.4, -0.2) is 12.2 Å². The number of hydrogen-bond donors (Lipinski definition) is 0. The van der Waals surface area contributed by atoms with Gasteiger partial charge in [-0.15, -0.1) is 0 Å². The van der Waals surface area contributed by atoms with Crippen LogP contribution in [0.2, 0.25) is 0 Å². The summed E-state index contributed by atoms with van der Waals surface area (Å²) in [6.07, 6.45) is 8.35. The Kier molecular flexibility index (Phi) is 2.46. The van der Waals surface area contributed by atoms with Crippen molar-refractivity contribution in [1.29, 1.82) is 0 Å². The van der Waals surface area contributed by atoms with E-state index in [1.165, 1.54) is 12.8 Å². The Labute approximate surface area is 81.2 Å². The molecular weight excluding hydrogens is 160 g/mol. The zero-order chi connectivity index (χ0) is 9.42. The molecule has 1 heteroatoms. The molecule has 0 heterocycles. The minimum atomic E-state index is 0.373. The molecule has 1 fully saturated rings. The normalized spacial score (nSPS) is 38.9. The number of ether oxygens (including phenoxy) is 1. The first-order chi connectivity index (χ1) is 6.16. The third-order valence-corrected chi connectivity index (χ3v) is 3.42. The van der Waals surface area contributed by atoms with E-state index in [0.29, 0.717) is 12.2 Å². The standard InChI is InChI=1S/C12H20O/c1-8(2)13-9(3)12-7-10-4-5-11(12)6-10/h4-5,8-12H,6-7H2,1-3H3. The zero-order valence-corrected chi connectivity index (χ0v) is 8.86. The molecule has 0 aliphatic heterocycles. The van der Waals surface area contributed by atoms with Gasteiger partial charge in [0.2, 0.25) is 0 Å². The SMILES string of the molecule is CC(C)OC(C)C1CC2C=CC1C2. The number of allylic oxidation sites excluding steroid dienone is 2. The van der Waals surface area contributed by atoms with Crippen LogP contribution in [0.1, 0.15) is 33.6 Å². The van der Waals surface area contributed by atoms with E-state index in [2.05, 4.69) is 32.9 Å². The van der Waals surface area contributed by atoms with Gasteiger partial charge >= 0.3 is 0 Å². The van der Waals surface area contributed by atoms with E-state index in [0.717, 1.165) is 17.8 Å². The van der Waals surface area contributed by atoms with Crippen molar-refractivity contribution in [3.63, 3.8) is 0 Å². The summed E-state index contributed by atoms with van der Waals surface area (Å²) in [5.74, 6) is 2.48. The van der Waals surface area contributed by atoms with E-state index in [-0.39, 0.29) is 0 Å². The summed E-state index contributed by atoms with van der Waals surface area (Å²) in [5, 5.41) is 0. The molecule has 1 nitrogen and oxygen atoms in total. The van der Waals surface area contributed by atoms with E-state index in [1.54, 1.807) is 0 Å². The van der Waals surface area contributed by atoms with Crippen LogP contribution in [0, 0.1) is 17.8 Å². The van der Waals surface area contributed by atoms with Gasteiger partial charge in [0.25, 0.3) is 0 Å². The average molecular weight is 180 g/mol. The predicted molar refractivity (Wildman–Crippen MR) is 54.5 cm³/mol. The molecule has 2 rings (SSSR count). The highest BCUT2D eigenvalue weighted by Crippen LogP contribution is 2.45. The highest BCUT2D eigenvalue weighted by molar-refractivity contribution is 5.11. The summed E-state index contributed by atoms with van der Waals surface area (Å²) in [5.41, 5.74) is 0. The van der Waals surface area contributed by atoms with Crippen molar-refractivity contribution in [3.8, 4) is 0 Å². The maximum absolute atomic E-state index is 5.85. The topological polar surface area (TPSA) is 9.23 Å². The molecule has 0 amide bonds. The molecule has 4 unspecified atom stereocenters. The second-order valence-corrected chi connectivity index (χ2v) is 4.83. The van der Waals surface area contributed by atoms with Gasteiger partial charge in [-0.1, -0.05) is 12.2 Å². The van der Waals surface area contributed by atoms with Gasteiger partial charge in [-0.25, -0.2) is 0 Å². The molecule has 4 atom stereocenters. The molecule has 13 heavy (non-hydrogen) atoms. The van der Waals surface area contributed by atoms with E-state index < -0.39 is 0 Å². The van der Waals surface area contributed by atoms with Crippen LogP contribution >= 0.6 is 0 Å². The Hall–Kier alpha value is -0.300. The summed E-state index contributed by atoms with van der Waals surface area (Å²) >= 11 is 0. The maximum Gasteiger partial charge on any atom is 0.0584 e. The summed E-state index contributed by atoms with van der Waals surface area (Å²) in [6, 6.07) is 0. The van der Waals surface area contributed by atoms with Crippen molar-refractivity contribution >= 4 is 0 Å². The van der Waals surface area contributed by atoms with Crippen LogP contribution in [-0.2, 0) is 4.74 Å². The molecule has 0 aromatic heterocycles. The van der Waals surface area contributed by atoms with Crippen LogP contribution in [0.4, 0.5) is 0 Å². The van der Waals surface area contributed by atoms with E-state index in [1.807, 2.05) is 0 Å². The van der Waals surface area contributed by atoms with Gasteiger partial charge < -0.3 is 4.74 Å². The maximum atomic E-state index is 5.85. The van der Waals surface area contributed by atoms with E-state index in [9.17, 15) is 0 Å². The van der Waals surface area contributed by atoms with Crippen molar-refractivity contribution in [3.05, 3.63) is 12.2 Å². The highest BCUT2D eigenvalue weighted by atomic mass is 16.5. The first-order valence-corrected chi connectivity index (χ1v) is 5.50. The molecule has 2 aliphatic carbocycles. The lowest BCUT2D eigenvalue weighted by Gasteiger charge is -2.27. The predicted octanol–water partition coefficient (Wildman–Crippen LogP) is 3.01. The summed E-state index contributed by atoms with van der Waals surface area (Å²) < 4.78 is 5.85. The molecule has 0 aromatic rings. The number of rotatable bonds is 3. The van der Waals surface area contributed by atoms with Crippen molar-refractivity contribution in [2.24, 2.45) is 17.8 Å². The Morgan fingerprint density at radius 3 is 2.38 bits per heavy atom. The molecule has 2 aliphatic rings. The van der Waals surface area contributed by atoms with Gasteiger partial charge in [0.15, 0.2) is 0 Å². The molecule has 0 aromatic carbocycles. The largest absolute Gasteiger partial charge is 0.376 e. The fraction of sp³-hybridized carbons (Fsp3) is 0.833. The number of hydrogen-bond acceptors (Lipinski definition) is 1. The Morgan fingerprint density at radius 2 is 1.92 bits per heavy atom. The second-order valence-electron chi connectivity index (χ2n) is 4.83. The first-order valence-electron chi connectivity index (χ1n) is 5.50. The molecule has 2 bridgehead atoms. The second kappa shape index (κ2) is 3.45. The lowest BCUT2D eigenvalue weighted by Crippen LogP contribution is -2.26. The first kappa shape index (κ1) is 9.26. The minimum absolute atomic E-state index is 0.373. The quantitative estimate of drug-likeness (QED) is 0.607. The van der Waals surface area contributed by atoms with Crippen LogP contribution in [0.25, 0.3) is 0 Å². The molecule has 0 spiro atoms. The Morgan fingerprint density at radius 1 is 1.15 bits per heavy atom. The van der Waals surface area contributed by atoms with Crippen LogP contribution in [0.15, 0.2) is 12.2 Å². The van der Waals surface area contributed by atoms with Crippen molar-refractivity contribution in [2.45, 2.75) is 45.8 Å². The fourth-order valence-electron chi connectivity index (χ4n) is 2.89. The van der Waals surface area contributed by atoms with E-state index in [4.69, 9.17) is 4.74 Å². The summed E-state index contributed by atoms with van der Waals surface area (Å²) in [4.78, 5) is 0. The van der Waals surface area contributed by atoms with Crippen LogP contribution in [0.3, 0.4) is 0 Å². The molecule has 74 valence electrons. The monoisotopic (exact) mass is 180 g/mol. The van der Waals surface area contributed by atoms with E-state index >= 15 is 0 Å².